The Morgan fingerprint density at radius 1 is 1.33 bits per heavy atom. The fourth-order valence-electron chi connectivity index (χ4n) is 4.38. The number of nitrogens with zero attached hydrogens (tertiary/aromatic N) is 2. The Hall–Kier alpha value is -1.78. The zero-order chi connectivity index (χ0) is 17.6. The third kappa shape index (κ3) is 2.74. The highest BCUT2D eigenvalue weighted by Crippen LogP contribution is 2.71. The number of carbonyl (C=O) groups is 2. The van der Waals surface area contributed by atoms with E-state index in [4.69, 9.17) is 0 Å². The Kier molecular flexibility index (Phi) is 4.01. The molecule has 3 fully saturated rings. The van der Waals surface area contributed by atoms with Gasteiger partial charge in [-0.3, -0.25) is 9.59 Å². The van der Waals surface area contributed by atoms with Gasteiger partial charge >= 0.3 is 6.18 Å². The molecule has 8 heteroatoms. The number of nitrogens with one attached hydrogen (secondary N) is 1. The standard InChI is InChI=1S/C16H20F3N3O2/c17-16(18,19)10-22-7-3-4-11(12(22)23)21-13(24)15(9-20)8-14(15)5-1-2-6-14/h11H,1-8,10H2,(H,21,24)/t11-,15-/m0/s1. The first-order chi connectivity index (χ1) is 11.2. The monoisotopic (exact) mass is 343 g/mol. The molecule has 2 amide bonds. The van der Waals surface area contributed by atoms with E-state index in [1.165, 1.54) is 0 Å². The largest absolute Gasteiger partial charge is 0.406 e. The average molecular weight is 343 g/mol. The maximum Gasteiger partial charge on any atom is 0.406 e. The summed E-state index contributed by atoms with van der Waals surface area (Å²) in [5.41, 5.74) is -1.38. The number of likely N-dealkylation sites (tertiary alicyclic amines) is 1. The Morgan fingerprint density at radius 2 is 2.00 bits per heavy atom. The summed E-state index contributed by atoms with van der Waals surface area (Å²) in [6.45, 7) is -1.26. The van der Waals surface area contributed by atoms with Crippen LogP contribution in [0.4, 0.5) is 13.2 Å². The van der Waals surface area contributed by atoms with Gasteiger partial charge in [-0.05, 0) is 32.1 Å². The van der Waals surface area contributed by atoms with Crippen molar-refractivity contribution in [1.29, 1.82) is 5.26 Å². The molecule has 0 unspecified atom stereocenters. The number of hydrogen-bond donors (Lipinski definition) is 1. The molecule has 3 aliphatic rings. The number of alkyl halides is 3. The molecule has 1 N–H and O–H groups in total. The minimum atomic E-state index is -4.46. The third-order valence-corrected chi connectivity index (χ3v) is 5.73. The maximum atomic E-state index is 12.6. The molecular formula is C16H20F3N3O2. The van der Waals surface area contributed by atoms with Gasteiger partial charge in [-0.1, -0.05) is 12.8 Å². The number of rotatable bonds is 3. The fraction of sp³-hybridized carbons (Fsp3) is 0.812. The summed E-state index contributed by atoms with van der Waals surface area (Å²) in [5, 5.41) is 12.1. The van der Waals surface area contributed by atoms with Gasteiger partial charge in [0.05, 0.1) is 6.07 Å². The van der Waals surface area contributed by atoms with Crippen LogP contribution in [0.1, 0.15) is 44.9 Å². The van der Waals surface area contributed by atoms with E-state index >= 15 is 0 Å². The van der Waals surface area contributed by atoms with Crippen LogP contribution in [0.2, 0.25) is 0 Å². The highest BCUT2D eigenvalue weighted by molar-refractivity contribution is 5.94. The second kappa shape index (κ2) is 5.64. The molecule has 0 aromatic heterocycles. The zero-order valence-corrected chi connectivity index (χ0v) is 13.3. The summed E-state index contributed by atoms with van der Waals surface area (Å²) in [7, 11) is 0. The number of nitriles is 1. The number of amides is 2. The van der Waals surface area contributed by atoms with Crippen LogP contribution in [-0.2, 0) is 9.59 Å². The molecule has 132 valence electrons. The molecule has 3 rings (SSSR count). The molecule has 0 aromatic rings. The Balaban J connectivity index is 1.66. The summed E-state index contributed by atoms with van der Waals surface area (Å²) in [5.74, 6) is -1.19. The third-order valence-electron chi connectivity index (χ3n) is 5.73. The van der Waals surface area contributed by atoms with Crippen molar-refractivity contribution in [2.45, 2.75) is 57.2 Å². The molecule has 1 spiro atoms. The van der Waals surface area contributed by atoms with Crippen molar-refractivity contribution < 1.29 is 22.8 Å². The van der Waals surface area contributed by atoms with Gasteiger partial charge < -0.3 is 10.2 Å². The first-order valence-electron chi connectivity index (χ1n) is 8.31. The van der Waals surface area contributed by atoms with E-state index < -0.39 is 36.0 Å². The topological polar surface area (TPSA) is 73.2 Å². The van der Waals surface area contributed by atoms with Crippen molar-refractivity contribution in [1.82, 2.24) is 10.2 Å². The number of halogens is 3. The number of carbonyl (C=O) groups excluding carboxylic acids is 2. The van der Waals surface area contributed by atoms with Crippen LogP contribution in [0.25, 0.3) is 0 Å². The SMILES string of the molecule is N#C[C@]1(C(=O)N[C@H]2CCCN(CC(F)(F)F)C2=O)CC12CCCC2. The maximum absolute atomic E-state index is 12.6. The second-order valence-electron chi connectivity index (χ2n) is 7.22. The summed E-state index contributed by atoms with van der Waals surface area (Å²) < 4.78 is 37.6. The van der Waals surface area contributed by atoms with Gasteiger partial charge in [0.2, 0.25) is 11.8 Å². The minimum absolute atomic E-state index is 0.0397. The normalized spacial score (nSPS) is 31.8. The van der Waals surface area contributed by atoms with Gasteiger partial charge in [-0.2, -0.15) is 18.4 Å². The van der Waals surface area contributed by atoms with Gasteiger partial charge in [0.25, 0.3) is 0 Å². The van der Waals surface area contributed by atoms with Gasteiger partial charge in [-0.15, -0.1) is 0 Å². The molecule has 5 nitrogen and oxygen atoms in total. The molecule has 0 aromatic carbocycles. The lowest BCUT2D eigenvalue weighted by Gasteiger charge is -2.33. The summed E-state index contributed by atoms with van der Waals surface area (Å²) in [4.78, 5) is 25.6. The van der Waals surface area contributed by atoms with E-state index in [1.807, 2.05) is 0 Å². The van der Waals surface area contributed by atoms with E-state index in [2.05, 4.69) is 11.4 Å². The molecule has 1 heterocycles. The Bertz CT molecular complexity index is 592. The van der Waals surface area contributed by atoms with Crippen molar-refractivity contribution in [2.75, 3.05) is 13.1 Å². The molecular weight excluding hydrogens is 323 g/mol. The smallest absolute Gasteiger partial charge is 0.343 e. The molecule has 2 saturated carbocycles. The van der Waals surface area contributed by atoms with Crippen molar-refractivity contribution in [3.8, 4) is 6.07 Å². The molecule has 0 bridgehead atoms. The van der Waals surface area contributed by atoms with Crippen LogP contribution in [0.5, 0.6) is 0 Å². The molecule has 1 saturated heterocycles. The van der Waals surface area contributed by atoms with E-state index in [0.29, 0.717) is 19.3 Å². The van der Waals surface area contributed by atoms with Crippen LogP contribution >= 0.6 is 0 Å². The van der Waals surface area contributed by atoms with Gasteiger partial charge in [0, 0.05) is 12.0 Å². The highest BCUT2D eigenvalue weighted by atomic mass is 19.4. The van der Waals surface area contributed by atoms with E-state index in [0.717, 1.165) is 30.6 Å². The van der Waals surface area contributed by atoms with Crippen LogP contribution in [-0.4, -0.2) is 42.0 Å². The summed E-state index contributed by atoms with van der Waals surface area (Å²) >= 11 is 0. The molecule has 0 radical (unpaired) electrons. The highest BCUT2D eigenvalue weighted by Gasteiger charge is 2.73. The lowest BCUT2D eigenvalue weighted by Crippen LogP contribution is -2.55. The first-order valence-corrected chi connectivity index (χ1v) is 8.31. The van der Waals surface area contributed by atoms with Crippen LogP contribution < -0.4 is 5.32 Å². The quantitative estimate of drug-likeness (QED) is 0.853. The average Bonchev–Trinajstić information content (AvgIpc) is 2.88. The predicted octanol–water partition coefficient (Wildman–Crippen LogP) is 2.13. The minimum Gasteiger partial charge on any atom is -0.343 e. The van der Waals surface area contributed by atoms with Crippen LogP contribution in [0.3, 0.4) is 0 Å². The number of piperidine rings is 1. The Morgan fingerprint density at radius 3 is 2.58 bits per heavy atom. The van der Waals surface area contributed by atoms with Crippen molar-refractivity contribution in [3.05, 3.63) is 0 Å². The van der Waals surface area contributed by atoms with E-state index in [9.17, 15) is 28.0 Å². The predicted molar refractivity (Wildman–Crippen MR) is 77.4 cm³/mol. The van der Waals surface area contributed by atoms with E-state index in [1.54, 1.807) is 0 Å². The zero-order valence-electron chi connectivity index (χ0n) is 13.3. The summed E-state index contributed by atoms with van der Waals surface area (Å²) in [6, 6.07) is 1.16. The lowest BCUT2D eigenvalue weighted by molar-refractivity contribution is -0.165. The van der Waals surface area contributed by atoms with E-state index in [-0.39, 0.29) is 12.0 Å². The van der Waals surface area contributed by atoms with Crippen molar-refractivity contribution in [3.63, 3.8) is 0 Å². The summed E-state index contributed by atoms with van der Waals surface area (Å²) in [6.07, 6.45) is 0.372. The molecule has 2 aliphatic carbocycles. The van der Waals surface area contributed by atoms with Crippen LogP contribution in [0.15, 0.2) is 0 Å². The van der Waals surface area contributed by atoms with Crippen molar-refractivity contribution in [2.24, 2.45) is 10.8 Å². The Labute approximate surface area is 138 Å². The number of hydrogen-bond acceptors (Lipinski definition) is 3. The molecule has 1 aliphatic heterocycles. The van der Waals surface area contributed by atoms with Crippen LogP contribution in [0, 0.1) is 22.2 Å². The van der Waals surface area contributed by atoms with Gasteiger partial charge in [0.15, 0.2) is 0 Å². The van der Waals surface area contributed by atoms with Gasteiger partial charge in [0.1, 0.15) is 18.0 Å². The van der Waals surface area contributed by atoms with Crippen molar-refractivity contribution >= 4 is 11.8 Å². The fourth-order valence-corrected chi connectivity index (χ4v) is 4.38. The molecule has 2 atom stereocenters. The first kappa shape index (κ1) is 17.1. The lowest BCUT2D eigenvalue weighted by atomic mass is 9.90. The second-order valence-corrected chi connectivity index (χ2v) is 7.22. The van der Waals surface area contributed by atoms with Gasteiger partial charge in [-0.25, -0.2) is 0 Å². The molecule has 24 heavy (non-hydrogen) atoms.